The molecular weight excluding hydrogens is 401 g/mol. The van der Waals surface area contributed by atoms with E-state index in [-0.39, 0.29) is 18.2 Å². The van der Waals surface area contributed by atoms with Crippen molar-refractivity contribution < 1.29 is 26.8 Å². The van der Waals surface area contributed by atoms with Crippen molar-refractivity contribution >= 4 is 11.6 Å². The van der Waals surface area contributed by atoms with E-state index in [9.17, 15) is 18.0 Å². The smallest absolute Gasteiger partial charge is 0.418 e. The number of hydrogen-bond acceptors (Lipinski definition) is 6. The number of anilines is 1. The molecule has 4 rings (SSSR count). The zero-order valence-corrected chi connectivity index (χ0v) is 15.9. The Morgan fingerprint density at radius 3 is 2.60 bits per heavy atom. The monoisotopic (exact) mass is 420 g/mol. The van der Waals surface area contributed by atoms with Crippen LogP contribution in [0.5, 0.6) is 0 Å². The molecule has 0 bridgehead atoms. The lowest BCUT2D eigenvalue weighted by Crippen LogP contribution is -2.39. The largest absolute Gasteiger partial charge is 0.459 e. The van der Waals surface area contributed by atoms with Crippen molar-refractivity contribution in [3.05, 3.63) is 54.1 Å². The van der Waals surface area contributed by atoms with Crippen molar-refractivity contribution in [2.45, 2.75) is 24.9 Å². The molecule has 1 fully saturated rings. The van der Waals surface area contributed by atoms with E-state index in [4.69, 9.17) is 8.83 Å². The molecule has 1 amide bonds. The molecular formula is C20H19F3N4O3. The first-order valence-electron chi connectivity index (χ1n) is 9.46. The molecule has 0 saturated carbocycles. The van der Waals surface area contributed by atoms with Gasteiger partial charge in [-0.3, -0.25) is 9.69 Å². The summed E-state index contributed by atoms with van der Waals surface area (Å²) in [5, 5.41) is 10.5. The van der Waals surface area contributed by atoms with Crippen LogP contribution in [0.3, 0.4) is 0 Å². The molecule has 1 saturated heterocycles. The molecule has 30 heavy (non-hydrogen) atoms. The molecule has 10 heteroatoms. The van der Waals surface area contributed by atoms with E-state index in [1.165, 1.54) is 24.5 Å². The fraction of sp³-hybridized carbons (Fsp3) is 0.350. The fourth-order valence-corrected chi connectivity index (χ4v) is 3.47. The highest BCUT2D eigenvalue weighted by Gasteiger charge is 2.34. The summed E-state index contributed by atoms with van der Waals surface area (Å²) in [6.45, 7) is 1.20. The molecule has 0 atom stereocenters. The van der Waals surface area contributed by atoms with Crippen molar-refractivity contribution in [2.24, 2.45) is 0 Å². The van der Waals surface area contributed by atoms with Crippen LogP contribution in [-0.4, -0.2) is 40.6 Å². The third-order valence-corrected chi connectivity index (χ3v) is 4.98. The number of aromatic nitrogens is 2. The van der Waals surface area contributed by atoms with Crippen LogP contribution in [0.2, 0.25) is 0 Å². The molecule has 158 valence electrons. The van der Waals surface area contributed by atoms with Gasteiger partial charge in [-0.2, -0.15) is 13.2 Å². The summed E-state index contributed by atoms with van der Waals surface area (Å²) >= 11 is 0. The lowest BCUT2D eigenvalue weighted by atomic mass is 9.97. The average molecular weight is 420 g/mol. The zero-order valence-electron chi connectivity index (χ0n) is 15.9. The van der Waals surface area contributed by atoms with Crippen molar-refractivity contribution in [1.29, 1.82) is 0 Å². The lowest BCUT2D eigenvalue weighted by molar-refractivity contribution is -0.137. The molecule has 0 spiro atoms. The number of benzene rings is 1. The molecule has 3 heterocycles. The number of nitrogens with zero attached hydrogens (tertiary/aromatic N) is 3. The van der Waals surface area contributed by atoms with Crippen LogP contribution < -0.4 is 5.32 Å². The van der Waals surface area contributed by atoms with Gasteiger partial charge in [-0.25, -0.2) is 0 Å². The Hall–Kier alpha value is -3.14. The van der Waals surface area contributed by atoms with Crippen LogP contribution in [0.15, 0.2) is 51.5 Å². The first-order chi connectivity index (χ1) is 14.4. The van der Waals surface area contributed by atoms with Crippen molar-refractivity contribution in [3.63, 3.8) is 0 Å². The molecule has 7 nitrogen and oxygen atoms in total. The predicted octanol–water partition coefficient (Wildman–Crippen LogP) is 4.17. The van der Waals surface area contributed by atoms with Gasteiger partial charge in [0.2, 0.25) is 11.8 Å². The normalized spacial score (nSPS) is 16.0. The third-order valence-electron chi connectivity index (χ3n) is 4.98. The first kappa shape index (κ1) is 20.1. The summed E-state index contributed by atoms with van der Waals surface area (Å²) in [5.41, 5.74) is -1.10. The van der Waals surface area contributed by atoms with E-state index in [2.05, 4.69) is 15.5 Å². The molecule has 0 aliphatic carbocycles. The molecule has 0 radical (unpaired) electrons. The number of amides is 1. The minimum Gasteiger partial charge on any atom is -0.459 e. The van der Waals surface area contributed by atoms with Gasteiger partial charge in [-0.1, -0.05) is 12.1 Å². The van der Waals surface area contributed by atoms with Crippen molar-refractivity contribution in [1.82, 2.24) is 15.1 Å². The van der Waals surface area contributed by atoms with Crippen LogP contribution in [0.1, 0.15) is 30.2 Å². The Balaban J connectivity index is 1.31. The molecule has 0 unspecified atom stereocenters. The second-order valence-electron chi connectivity index (χ2n) is 7.06. The van der Waals surface area contributed by atoms with Gasteiger partial charge < -0.3 is 14.2 Å². The van der Waals surface area contributed by atoms with Gasteiger partial charge in [0.25, 0.3) is 5.89 Å². The van der Waals surface area contributed by atoms with Crippen molar-refractivity contribution in [3.8, 4) is 11.7 Å². The van der Waals surface area contributed by atoms with E-state index in [0.29, 0.717) is 43.5 Å². The van der Waals surface area contributed by atoms with Crippen molar-refractivity contribution in [2.75, 3.05) is 25.0 Å². The quantitative estimate of drug-likeness (QED) is 0.667. The van der Waals surface area contributed by atoms with Crippen LogP contribution >= 0.6 is 0 Å². The standard InChI is InChI=1S/C20H19F3N4O3/c21-20(22,23)14-4-1-2-5-15(14)24-17(28)12-27-9-7-13(8-10-27)18-25-26-19(30-18)16-6-3-11-29-16/h1-6,11,13H,7-10,12H2,(H,24,28). The minimum atomic E-state index is -4.53. The fourth-order valence-electron chi connectivity index (χ4n) is 3.47. The van der Waals surface area contributed by atoms with Gasteiger partial charge in [-0.05, 0) is 50.2 Å². The molecule has 1 aliphatic heterocycles. The second-order valence-corrected chi connectivity index (χ2v) is 7.06. The van der Waals surface area contributed by atoms with Gasteiger partial charge in [0, 0.05) is 5.92 Å². The Bertz CT molecular complexity index is 993. The number of piperidine rings is 1. The molecule has 3 aromatic rings. The van der Waals surface area contributed by atoms with Gasteiger partial charge in [0.05, 0.1) is 24.1 Å². The topological polar surface area (TPSA) is 84.4 Å². The summed E-state index contributed by atoms with van der Waals surface area (Å²) in [6.07, 6.45) is -1.60. The average Bonchev–Trinajstić information content (AvgIpc) is 3.40. The number of para-hydroxylation sites is 1. The highest BCUT2D eigenvalue weighted by Crippen LogP contribution is 2.34. The highest BCUT2D eigenvalue weighted by molar-refractivity contribution is 5.93. The second kappa shape index (κ2) is 8.31. The predicted molar refractivity (Wildman–Crippen MR) is 100 cm³/mol. The number of carbonyl (C=O) groups excluding carboxylic acids is 1. The van der Waals surface area contributed by atoms with E-state index >= 15 is 0 Å². The minimum absolute atomic E-state index is 0.0143. The number of furan rings is 1. The van der Waals surface area contributed by atoms with Gasteiger partial charge in [0.1, 0.15) is 0 Å². The maximum Gasteiger partial charge on any atom is 0.418 e. The van der Waals surface area contributed by atoms with Crippen LogP contribution in [0.25, 0.3) is 11.7 Å². The lowest BCUT2D eigenvalue weighted by Gasteiger charge is -2.29. The van der Waals surface area contributed by atoms with Crippen LogP contribution in [0.4, 0.5) is 18.9 Å². The molecule has 1 aliphatic rings. The Morgan fingerprint density at radius 2 is 1.90 bits per heavy atom. The molecule has 2 aromatic heterocycles. The Morgan fingerprint density at radius 1 is 1.13 bits per heavy atom. The number of nitrogens with one attached hydrogen (secondary N) is 1. The van der Waals surface area contributed by atoms with E-state index in [1.54, 1.807) is 12.1 Å². The summed E-state index contributed by atoms with van der Waals surface area (Å²) in [4.78, 5) is 14.2. The van der Waals surface area contributed by atoms with Crippen LogP contribution in [0, 0.1) is 0 Å². The molecule has 1 aromatic carbocycles. The number of carbonyl (C=O) groups is 1. The summed E-state index contributed by atoms with van der Waals surface area (Å²) in [5.74, 6) is 0.918. The first-order valence-corrected chi connectivity index (χ1v) is 9.46. The third kappa shape index (κ3) is 4.54. The van der Waals surface area contributed by atoms with E-state index < -0.39 is 17.6 Å². The number of hydrogen-bond donors (Lipinski definition) is 1. The summed E-state index contributed by atoms with van der Waals surface area (Å²) < 4.78 is 50.1. The number of alkyl halides is 3. The number of likely N-dealkylation sites (tertiary alicyclic amines) is 1. The van der Waals surface area contributed by atoms with E-state index in [0.717, 1.165) is 6.07 Å². The maximum atomic E-state index is 13.1. The maximum absolute atomic E-state index is 13.1. The van der Waals surface area contributed by atoms with Gasteiger partial charge >= 0.3 is 6.18 Å². The number of halogens is 3. The summed E-state index contributed by atoms with van der Waals surface area (Å²) in [6, 6.07) is 8.41. The Labute approximate surface area is 169 Å². The van der Waals surface area contributed by atoms with Gasteiger partial charge in [0.15, 0.2) is 5.76 Å². The summed E-state index contributed by atoms with van der Waals surface area (Å²) in [7, 11) is 0. The van der Waals surface area contributed by atoms with E-state index in [1.807, 2.05) is 4.90 Å². The highest BCUT2D eigenvalue weighted by atomic mass is 19.4. The number of rotatable bonds is 5. The van der Waals surface area contributed by atoms with Crippen LogP contribution in [-0.2, 0) is 11.0 Å². The molecule has 1 N–H and O–H groups in total. The SMILES string of the molecule is O=C(CN1CCC(c2nnc(-c3ccco3)o2)CC1)Nc1ccccc1C(F)(F)F. The van der Waals surface area contributed by atoms with Gasteiger partial charge in [-0.15, -0.1) is 10.2 Å². The Kier molecular flexibility index (Phi) is 5.58. The zero-order chi connectivity index (χ0) is 21.1.